The summed E-state index contributed by atoms with van der Waals surface area (Å²) in [7, 11) is -0.319. The predicted molar refractivity (Wildman–Crippen MR) is 70.6 cm³/mol. The summed E-state index contributed by atoms with van der Waals surface area (Å²) in [6.07, 6.45) is 0.989. The van der Waals surface area contributed by atoms with Gasteiger partial charge < -0.3 is 9.16 Å². The summed E-state index contributed by atoms with van der Waals surface area (Å²) in [6.45, 7) is 6.70. The maximum atomic E-state index is 5.56. The smallest absolute Gasteiger partial charge is 0.164 e. The van der Waals surface area contributed by atoms with Gasteiger partial charge in [0.05, 0.1) is 19.8 Å². The first kappa shape index (κ1) is 13.4. The normalized spacial score (nSPS) is 11.7. The molecule has 0 saturated heterocycles. The molecule has 0 amide bonds. The minimum Gasteiger partial charge on any atom is -0.421 e. The molecule has 0 aliphatic carbocycles. The molecule has 0 heterocycles. The molecule has 0 spiro atoms. The van der Waals surface area contributed by atoms with Crippen LogP contribution < -0.4 is 0 Å². The number of rotatable bonds is 8. The molecule has 90 valence electrons. The van der Waals surface area contributed by atoms with Crippen molar-refractivity contribution >= 4 is 9.76 Å². The van der Waals surface area contributed by atoms with Gasteiger partial charge in [-0.2, -0.15) is 0 Å². The predicted octanol–water partition coefficient (Wildman–Crippen LogP) is 2.17. The maximum absolute atomic E-state index is 5.56. The van der Waals surface area contributed by atoms with Crippen molar-refractivity contribution in [3.8, 4) is 0 Å². The van der Waals surface area contributed by atoms with Crippen molar-refractivity contribution in [2.24, 2.45) is 0 Å². The highest BCUT2D eigenvalue weighted by molar-refractivity contribution is 6.29. The van der Waals surface area contributed by atoms with Gasteiger partial charge in [-0.25, -0.2) is 0 Å². The van der Waals surface area contributed by atoms with Crippen molar-refractivity contribution in [1.29, 1.82) is 0 Å². The Morgan fingerprint density at radius 2 is 1.81 bits per heavy atom. The van der Waals surface area contributed by atoms with Crippen LogP contribution in [0.4, 0.5) is 0 Å². The lowest BCUT2D eigenvalue weighted by molar-refractivity contribution is 0.103. The summed E-state index contributed by atoms with van der Waals surface area (Å²) in [5, 5.41) is 0. The van der Waals surface area contributed by atoms with Gasteiger partial charge in [0.25, 0.3) is 0 Å². The lowest BCUT2D eigenvalue weighted by Crippen LogP contribution is -2.10. The number of benzene rings is 1. The van der Waals surface area contributed by atoms with Crippen molar-refractivity contribution in [2.75, 3.05) is 19.8 Å². The molecule has 0 saturated carbocycles. The molecule has 2 nitrogen and oxygen atoms in total. The van der Waals surface area contributed by atoms with Crippen molar-refractivity contribution in [3.63, 3.8) is 0 Å². The van der Waals surface area contributed by atoms with Crippen molar-refractivity contribution < 1.29 is 9.16 Å². The molecular weight excluding hydrogens is 216 g/mol. The highest BCUT2D eigenvalue weighted by atomic mass is 28.2. The fraction of sp³-hybridized carbons (Fsp3) is 0.538. The summed E-state index contributed by atoms with van der Waals surface area (Å²) in [5.41, 5.74) is 2.07. The average molecular weight is 238 g/mol. The van der Waals surface area contributed by atoms with Crippen LogP contribution in [-0.4, -0.2) is 29.6 Å². The Morgan fingerprint density at radius 1 is 1.06 bits per heavy atom. The van der Waals surface area contributed by atoms with E-state index in [0.717, 1.165) is 31.8 Å². The van der Waals surface area contributed by atoms with Gasteiger partial charge in [0, 0.05) is 0 Å². The van der Waals surface area contributed by atoms with E-state index in [1.807, 2.05) is 6.07 Å². The highest BCUT2D eigenvalue weighted by Crippen LogP contribution is 2.00. The highest BCUT2D eigenvalue weighted by Gasteiger charge is 1.95. The van der Waals surface area contributed by atoms with Crippen molar-refractivity contribution in [3.05, 3.63) is 35.9 Å². The first-order valence-corrected chi connectivity index (χ1v) is 7.38. The SMILES string of the molecule is CC(C)[SiH2]OCCOCCc1ccccc1. The second-order valence-electron chi connectivity index (χ2n) is 4.32. The van der Waals surface area contributed by atoms with Crippen LogP contribution in [0, 0.1) is 0 Å². The van der Waals surface area contributed by atoms with E-state index in [4.69, 9.17) is 9.16 Å². The Balaban J connectivity index is 1.93. The molecule has 0 unspecified atom stereocenters. The molecule has 0 radical (unpaired) electrons. The van der Waals surface area contributed by atoms with Gasteiger partial charge in [0.2, 0.25) is 0 Å². The third-order valence-corrected chi connectivity index (χ3v) is 3.39. The Bertz CT molecular complexity index is 262. The average Bonchev–Trinajstić information content (AvgIpc) is 2.29. The number of ether oxygens (including phenoxy) is 1. The van der Waals surface area contributed by atoms with Crippen LogP contribution in [0.25, 0.3) is 0 Å². The summed E-state index contributed by atoms with van der Waals surface area (Å²) < 4.78 is 11.1. The van der Waals surface area contributed by atoms with Gasteiger partial charge in [0.15, 0.2) is 9.76 Å². The summed E-state index contributed by atoms with van der Waals surface area (Å²) >= 11 is 0. The molecule has 0 N–H and O–H groups in total. The van der Waals surface area contributed by atoms with Crippen LogP contribution >= 0.6 is 0 Å². The van der Waals surface area contributed by atoms with Crippen LogP contribution in [0.5, 0.6) is 0 Å². The second-order valence-corrected chi connectivity index (χ2v) is 6.69. The summed E-state index contributed by atoms with van der Waals surface area (Å²) in [6, 6.07) is 10.4. The Morgan fingerprint density at radius 3 is 2.50 bits per heavy atom. The van der Waals surface area contributed by atoms with Crippen LogP contribution in [0.3, 0.4) is 0 Å². The molecule has 0 atom stereocenters. The Kier molecular flexibility index (Phi) is 7.13. The molecule has 1 aromatic rings. The fourth-order valence-corrected chi connectivity index (χ4v) is 2.13. The van der Waals surface area contributed by atoms with Gasteiger partial charge in [0.1, 0.15) is 0 Å². The van der Waals surface area contributed by atoms with Crippen molar-refractivity contribution in [2.45, 2.75) is 25.8 Å². The van der Waals surface area contributed by atoms with Crippen LogP contribution in [-0.2, 0) is 15.6 Å². The summed E-state index contributed by atoms with van der Waals surface area (Å²) in [4.78, 5) is 0. The summed E-state index contributed by atoms with van der Waals surface area (Å²) in [5.74, 6) is 0. The fourth-order valence-electron chi connectivity index (χ4n) is 1.37. The van der Waals surface area contributed by atoms with Gasteiger partial charge >= 0.3 is 0 Å². The Labute approximate surface area is 101 Å². The zero-order valence-electron chi connectivity index (χ0n) is 10.3. The molecule has 16 heavy (non-hydrogen) atoms. The topological polar surface area (TPSA) is 18.5 Å². The van der Waals surface area contributed by atoms with E-state index in [9.17, 15) is 0 Å². The molecule has 0 bridgehead atoms. The van der Waals surface area contributed by atoms with E-state index in [2.05, 4.69) is 38.1 Å². The van der Waals surface area contributed by atoms with Gasteiger partial charge in [-0.15, -0.1) is 0 Å². The second kappa shape index (κ2) is 8.50. The van der Waals surface area contributed by atoms with Crippen LogP contribution in [0.15, 0.2) is 30.3 Å². The van der Waals surface area contributed by atoms with Gasteiger partial charge in [-0.05, 0) is 17.5 Å². The molecular formula is C13H22O2Si. The Hall–Kier alpha value is -0.643. The van der Waals surface area contributed by atoms with E-state index >= 15 is 0 Å². The first-order valence-electron chi connectivity index (χ1n) is 5.98. The third-order valence-electron chi connectivity index (χ3n) is 2.20. The zero-order valence-corrected chi connectivity index (χ0v) is 11.7. The van der Waals surface area contributed by atoms with E-state index in [1.54, 1.807) is 0 Å². The maximum Gasteiger partial charge on any atom is 0.164 e. The standard InChI is InChI=1S/C13H22O2Si/c1-12(2)16-15-11-10-14-9-8-13-6-4-3-5-7-13/h3-7,12H,8-11,16H2,1-2H3. The minimum absolute atomic E-state index is 0.319. The molecule has 3 heteroatoms. The molecule has 0 aliphatic heterocycles. The van der Waals surface area contributed by atoms with Crippen molar-refractivity contribution in [1.82, 2.24) is 0 Å². The zero-order chi connectivity index (χ0) is 11.6. The molecule has 0 fully saturated rings. The molecule has 0 aliphatic rings. The van der Waals surface area contributed by atoms with E-state index in [1.165, 1.54) is 5.56 Å². The van der Waals surface area contributed by atoms with Gasteiger partial charge in [-0.3, -0.25) is 0 Å². The van der Waals surface area contributed by atoms with E-state index in [-0.39, 0.29) is 9.76 Å². The largest absolute Gasteiger partial charge is 0.421 e. The minimum atomic E-state index is -0.319. The number of hydrogen-bond acceptors (Lipinski definition) is 2. The lowest BCUT2D eigenvalue weighted by atomic mass is 10.2. The van der Waals surface area contributed by atoms with Gasteiger partial charge in [-0.1, -0.05) is 44.2 Å². The quantitative estimate of drug-likeness (QED) is 0.510. The number of hydrogen-bond donors (Lipinski definition) is 0. The molecule has 1 aromatic carbocycles. The monoisotopic (exact) mass is 238 g/mol. The molecule has 0 aromatic heterocycles. The third kappa shape index (κ3) is 6.77. The van der Waals surface area contributed by atoms with E-state index < -0.39 is 0 Å². The van der Waals surface area contributed by atoms with Crippen LogP contribution in [0.2, 0.25) is 5.54 Å². The van der Waals surface area contributed by atoms with Crippen LogP contribution in [0.1, 0.15) is 19.4 Å². The lowest BCUT2D eigenvalue weighted by Gasteiger charge is -2.07. The molecule has 1 rings (SSSR count). The first-order chi connectivity index (χ1) is 7.79. The van der Waals surface area contributed by atoms with E-state index in [0.29, 0.717) is 0 Å².